The summed E-state index contributed by atoms with van der Waals surface area (Å²) in [7, 11) is 0. The molecule has 0 aliphatic heterocycles. The average Bonchev–Trinajstić information content (AvgIpc) is 2.36. The van der Waals surface area contributed by atoms with Crippen LogP contribution in [0.3, 0.4) is 0 Å². The van der Waals surface area contributed by atoms with E-state index < -0.39 is 0 Å². The predicted octanol–water partition coefficient (Wildman–Crippen LogP) is 3.86. The summed E-state index contributed by atoms with van der Waals surface area (Å²) in [5.74, 6) is 0. The van der Waals surface area contributed by atoms with Crippen LogP contribution in [0.5, 0.6) is 0 Å². The number of benzene rings is 2. The molecule has 0 fully saturated rings. The number of halogens is 1. The maximum atomic E-state index is 5.90. The van der Waals surface area contributed by atoms with Crippen molar-refractivity contribution in [1.82, 2.24) is 0 Å². The van der Waals surface area contributed by atoms with Crippen molar-refractivity contribution in [3.8, 4) is 0 Å². The molecule has 17 heavy (non-hydrogen) atoms. The molecule has 88 valence electrons. The van der Waals surface area contributed by atoms with E-state index in [0.29, 0.717) is 0 Å². The molecular formula is C14H15ClN2. The zero-order chi connectivity index (χ0) is 11.9. The molecule has 0 amide bonds. The summed E-state index contributed by atoms with van der Waals surface area (Å²) < 4.78 is 0. The second-order valence-corrected chi connectivity index (χ2v) is 4.17. The number of nitrogens with one attached hydrogen (secondary N) is 2. The van der Waals surface area contributed by atoms with Crippen LogP contribution in [0.4, 0.5) is 11.4 Å². The summed E-state index contributed by atoms with van der Waals surface area (Å²) in [5, 5.41) is 7.40. The monoisotopic (exact) mass is 246 g/mol. The number of rotatable bonds is 5. The van der Waals surface area contributed by atoms with Crippen LogP contribution in [0.15, 0.2) is 54.6 Å². The van der Waals surface area contributed by atoms with Gasteiger partial charge in [0, 0.05) is 29.5 Å². The maximum Gasteiger partial charge on any atom is 0.0426 e. The number of hydrogen-bond donors (Lipinski definition) is 2. The predicted molar refractivity (Wildman–Crippen MR) is 74.9 cm³/mol. The molecule has 2 N–H and O–H groups in total. The molecule has 0 unspecified atom stereocenters. The van der Waals surface area contributed by atoms with Crippen molar-refractivity contribution in [1.29, 1.82) is 0 Å². The van der Waals surface area contributed by atoms with Crippen molar-refractivity contribution >= 4 is 23.0 Å². The van der Waals surface area contributed by atoms with Gasteiger partial charge in [-0.1, -0.05) is 35.9 Å². The Morgan fingerprint density at radius 3 is 2.12 bits per heavy atom. The molecule has 0 atom stereocenters. The third-order valence-corrected chi connectivity index (χ3v) is 2.62. The summed E-state index contributed by atoms with van der Waals surface area (Å²) >= 11 is 5.90. The highest BCUT2D eigenvalue weighted by Gasteiger charge is 1.93. The van der Waals surface area contributed by atoms with Gasteiger partial charge in [-0.25, -0.2) is 0 Å². The lowest BCUT2D eigenvalue weighted by molar-refractivity contribution is 1.08. The van der Waals surface area contributed by atoms with E-state index in [1.165, 1.54) is 0 Å². The molecule has 0 aromatic heterocycles. The Morgan fingerprint density at radius 2 is 1.41 bits per heavy atom. The van der Waals surface area contributed by atoms with Crippen molar-refractivity contribution in [2.45, 2.75) is 0 Å². The zero-order valence-electron chi connectivity index (χ0n) is 9.49. The van der Waals surface area contributed by atoms with E-state index in [2.05, 4.69) is 22.8 Å². The van der Waals surface area contributed by atoms with Crippen LogP contribution in [-0.2, 0) is 0 Å². The van der Waals surface area contributed by atoms with Gasteiger partial charge in [0.25, 0.3) is 0 Å². The summed E-state index contributed by atoms with van der Waals surface area (Å²) in [6, 6.07) is 17.9. The fourth-order valence-corrected chi connectivity index (χ4v) is 1.76. The second-order valence-electron chi connectivity index (χ2n) is 3.73. The minimum atomic E-state index is 0.756. The Balaban J connectivity index is 1.73. The highest BCUT2D eigenvalue weighted by Crippen LogP contribution is 2.14. The van der Waals surface area contributed by atoms with Crippen molar-refractivity contribution in [3.63, 3.8) is 0 Å². The Labute approximate surface area is 107 Å². The number of para-hydroxylation sites is 1. The van der Waals surface area contributed by atoms with Crippen LogP contribution in [0.1, 0.15) is 0 Å². The van der Waals surface area contributed by atoms with Crippen molar-refractivity contribution in [2.24, 2.45) is 0 Å². The second kappa shape index (κ2) is 6.16. The molecule has 0 saturated carbocycles. The van der Waals surface area contributed by atoms with E-state index in [4.69, 9.17) is 11.6 Å². The minimum absolute atomic E-state index is 0.756. The molecular weight excluding hydrogens is 232 g/mol. The van der Waals surface area contributed by atoms with Crippen LogP contribution in [-0.4, -0.2) is 13.1 Å². The fourth-order valence-electron chi connectivity index (χ4n) is 1.57. The van der Waals surface area contributed by atoms with Crippen LogP contribution >= 0.6 is 11.6 Å². The lowest BCUT2D eigenvalue weighted by Gasteiger charge is -2.08. The van der Waals surface area contributed by atoms with Gasteiger partial charge >= 0.3 is 0 Å². The Bertz CT molecular complexity index is 457. The highest BCUT2D eigenvalue weighted by molar-refractivity contribution is 6.30. The van der Waals surface area contributed by atoms with Gasteiger partial charge in [0.15, 0.2) is 0 Å². The van der Waals surface area contributed by atoms with Crippen molar-refractivity contribution < 1.29 is 0 Å². The summed E-state index contributed by atoms with van der Waals surface area (Å²) in [4.78, 5) is 0. The third kappa shape index (κ3) is 4.00. The Morgan fingerprint density at radius 1 is 0.765 bits per heavy atom. The molecule has 2 aromatic carbocycles. The first-order valence-corrected chi connectivity index (χ1v) is 6.01. The lowest BCUT2D eigenvalue weighted by atomic mass is 10.3. The van der Waals surface area contributed by atoms with E-state index in [-0.39, 0.29) is 0 Å². The average molecular weight is 247 g/mol. The molecule has 0 aliphatic carbocycles. The third-order valence-electron chi connectivity index (χ3n) is 2.38. The van der Waals surface area contributed by atoms with Gasteiger partial charge in [-0.3, -0.25) is 0 Å². The first kappa shape index (κ1) is 11.8. The number of anilines is 2. The highest BCUT2D eigenvalue weighted by atomic mass is 35.5. The fraction of sp³-hybridized carbons (Fsp3) is 0.143. The largest absolute Gasteiger partial charge is 0.383 e. The molecule has 0 bridgehead atoms. The van der Waals surface area contributed by atoms with E-state index in [0.717, 1.165) is 29.5 Å². The first-order chi connectivity index (χ1) is 8.34. The maximum absolute atomic E-state index is 5.90. The van der Waals surface area contributed by atoms with E-state index >= 15 is 0 Å². The van der Waals surface area contributed by atoms with Gasteiger partial charge in [-0.2, -0.15) is 0 Å². The first-order valence-electron chi connectivity index (χ1n) is 5.63. The van der Waals surface area contributed by atoms with Crippen molar-refractivity contribution in [2.75, 3.05) is 23.7 Å². The minimum Gasteiger partial charge on any atom is -0.383 e. The quantitative estimate of drug-likeness (QED) is 0.783. The van der Waals surface area contributed by atoms with E-state index in [9.17, 15) is 0 Å². The molecule has 2 aromatic rings. The van der Waals surface area contributed by atoms with Crippen molar-refractivity contribution in [3.05, 3.63) is 59.6 Å². The normalized spacial score (nSPS) is 9.94. The smallest absolute Gasteiger partial charge is 0.0426 e. The summed E-state index contributed by atoms with van der Waals surface area (Å²) in [6.45, 7) is 1.73. The Kier molecular flexibility index (Phi) is 4.28. The molecule has 0 spiro atoms. The topological polar surface area (TPSA) is 24.1 Å². The summed E-state index contributed by atoms with van der Waals surface area (Å²) in [5.41, 5.74) is 2.19. The molecule has 0 heterocycles. The van der Waals surface area contributed by atoms with Gasteiger partial charge < -0.3 is 10.6 Å². The molecule has 0 radical (unpaired) electrons. The SMILES string of the molecule is Clc1cccc(NCCNc2ccccc2)c1. The van der Waals surface area contributed by atoms with Gasteiger partial charge in [0.2, 0.25) is 0 Å². The van der Waals surface area contributed by atoms with Gasteiger partial charge in [-0.15, -0.1) is 0 Å². The molecule has 3 heteroatoms. The van der Waals surface area contributed by atoms with Crippen LogP contribution in [0, 0.1) is 0 Å². The standard InChI is InChI=1S/C14H15ClN2/c15-12-5-4-8-14(11-12)17-10-9-16-13-6-2-1-3-7-13/h1-8,11,16-17H,9-10H2. The summed E-state index contributed by atoms with van der Waals surface area (Å²) in [6.07, 6.45) is 0. The molecule has 0 saturated heterocycles. The number of hydrogen-bond acceptors (Lipinski definition) is 2. The van der Waals surface area contributed by atoms with Gasteiger partial charge in [-0.05, 0) is 30.3 Å². The molecule has 0 aliphatic rings. The van der Waals surface area contributed by atoms with Gasteiger partial charge in [0.05, 0.1) is 0 Å². The van der Waals surface area contributed by atoms with E-state index in [1.54, 1.807) is 0 Å². The molecule has 2 rings (SSSR count). The van der Waals surface area contributed by atoms with Gasteiger partial charge in [0.1, 0.15) is 0 Å². The Hall–Kier alpha value is -1.67. The van der Waals surface area contributed by atoms with Crippen LogP contribution in [0.25, 0.3) is 0 Å². The molecule has 2 nitrogen and oxygen atoms in total. The van der Waals surface area contributed by atoms with Crippen LogP contribution in [0.2, 0.25) is 5.02 Å². The van der Waals surface area contributed by atoms with Crippen LogP contribution < -0.4 is 10.6 Å². The lowest BCUT2D eigenvalue weighted by Crippen LogP contribution is -2.13. The van der Waals surface area contributed by atoms with E-state index in [1.807, 2.05) is 42.5 Å². The zero-order valence-corrected chi connectivity index (χ0v) is 10.2.